The monoisotopic (exact) mass is 437 g/mol. The number of phenols is 1. The first-order chi connectivity index (χ1) is 14.9. The van der Waals surface area contributed by atoms with Gasteiger partial charge in [-0.2, -0.15) is 5.10 Å². The molecule has 2 N–H and O–H groups in total. The van der Waals surface area contributed by atoms with Crippen LogP contribution in [0.4, 0.5) is 5.69 Å². The third kappa shape index (κ3) is 5.49. The third-order valence-corrected chi connectivity index (χ3v) is 6.37. The van der Waals surface area contributed by atoms with E-state index >= 15 is 0 Å². The van der Waals surface area contributed by atoms with Crippen molar-refractivity contribution in [3.05, 3.63) is 90.0 Å². The Kier molecular flexibility index (Phi) is 7.04. The lowest BCUT2D eigenvalue weighted by atomic mass is 10.1. The Morgan fingerprint density at radius 1 is 1.00 bits per heavy atom. The van der Waals surface area contributed by atoms with Gasteiger partial charge in [-0.25, -0.2) is 13.8 Å². The number of carbonyl (C=O) groups excluding carboxylic acids is 1. The summed E-state index contributed by atoms with van der Waals surface area (Å²) in [4.78, 5) is 12.6. The van der Waals surface area contributed by atoms with Crippen molar-refractivity contribution in [1.82, 2.24) is 5.43 Å². The first-order valence-corrected chi connectivity index (χ1v) is 11.1. The largest absolute Gasteiger partial charge is 0.507 e. The van der Waals surface area contributed by atoms with E-state index in [1.807, 2.05) is 19.1 Å². The maximum absolute atomic E-state index is 13.2. The summed E-state index contributed by atoms with van der Waals surface area (Å²) in [5, 5.41) is 13.6. The molecule has 0 aliphatic rings. The minimum absolute atomic E-state index is 0.0183. The van der Waals surface area contributed by atoms with Gasteiger partial charge in [0.15, 0.2) is 0 Å². The molecular weight excluding hydrogens is 414 g/mol. The van der Waals surface area contributed by atoms with Gasteiger partial charge in [-0.1, -0.05) is 49.4 Å². The first kappa shape index (κ1) is 22.0. The number of hydrazone groups is 1. The van der Waals surface area contributed by atoms with Gasteiger partial charge in [-0.3, -0.25) is 9.10 Å². The Morgan fingerprint density at radius 2 is 1.65 bits per heavy atom. The number of rotatable bonds is 8. The van der Waals surface area contributed by atoms with E-state index in [-0.39, 0.29) is 10.6 Å². The number of para-hydroxylation sites is 1. The Bertz CT molecular complexity index is 1160. The number of amides is 1. The number of hydrogen-bond acceptors (Lipinski definition) is 5. The molecule has 0 aliphatic heterocycles. The van der Waals surface area contributed by atoms with Crippen LogP contribution in [0.5, 0.6) is 5.75 Å². The summed E-state index contributed by atoms with van der Waals surface area (Å²) in [7, 11) is -3.97. The highest BCUT2D eigenvalue weighted by molar-refractivity contribution is 7.92. The zero-order chi connectivity index (χ0) is 22.3. The van der Waals surface area contributed by atoms with Gasteiger partial charge in [0.2, 0.25) is 0 Å². The first-order valence-electron chi connectivity index (χ1n) is 9.68. The minimum atomic E-state index is -3.97. The lowest BCUT2D eigenvalue weighted by Crippen LogP contribution is -2.39. The second-order valence-corrected chi connectivity index (χ2v) is 8.56. The van der Waals surface area contributed by atoms with Crippen LogP contribution in [0.3, 0.4) is 0 Å². The van der Waals surface area contributed by atoms with Gasteiger partial charge in [0.1, 0.15) is 12.3 Å². The molecule has 0 heterocycles. The molecule has 0 fully saturated rings. The second kappa shape index (κ2) is 9.90. The number of nitrogens with one attached hydrogen (secondary N) is 1. The third-order valence-electron chi connectivity index (χ3n) is 4.58. The molecule has 3 aromatic carbocycles. The van der Waals surface area contributed by atoms with E-state index in [1.165, 1.54) is 24.4 Å². The van der Waals surface area contributed by atoms with Crippen LogP contribution >= 0.6 is 0 Å². The molecule has 8 heteroatoms. The standard InChI is InChI=1S/C23H23N3O4S/c1-2-18-12-14-20(15-13-18)26(31(29,30)21-9-4-3-5-10-21)17-23(28)25-24-16-19-8-6-7-11-22(19)27/h3-16,27H,2,17H2,1H3,(H,25,28)/b24-16-. The number of benzene rings is 3. The van der Waals surface area contributed by atoms with Crippen LogP contribution in [0.2, 0.25) is 0 Å². The van der Waals surface area contributed by atoms with Gasteiger partial charge in [0.25, 0.3) is 15.9 Å². The van der Waals surface area contributed by atoms with Crippen molar-refractivity contribution >= 4 is 27.8 Å². The predicted octanol–water partition coefficient (Wildman–Crippen LogP) is 3.30. The minimum Gasteiger partial charge on any atom is -0.507 e. The van der Waals surface area contributed by atoms with E-state index in [1.54, 1.807) is 48.5 Å². The van der Waals surface area contributed by atoms with Crippen molar-refractivity contribution in [1.29, 1.82) is 0 Å². The van der Waals surface area contributed by atoms with Crippen molar-refractivity contribution in [3.63, 3.8) is 0 Å². The average molecular weight is 438 g/mol. The highest BCUT2D eigenvalue weighted by atomic mass is 32.2. The molecule has 3 rings (SSSR count). The topological polar surface area (TPSA) is 99.1 Å². The number of anilines is 1. The number of carbonyl (C=O) groups is 1. The van der Waals surface area contributed by atoms with Crippen LogP contribution < -0.4 is 9.73 Å². The van der Waals surface area contributed by atoms with E-state index in [0.29, 0.717) is 11.3 Å². The van der Waals surface area contributed by atoms with Gasteiger partial charge in [0.05, 0.1) is 16.8 Å². The molecule has 0 aromatic heterocycles. The van der Waals surface area contributed by atoms with Crippen molar-refractivity contribution < 1.29 is 18.3 Å². The van der Waals surface area contributed by atoms with E-state index in [0.717, 1.165) is 16.3 Å². The fourth-order valence-electron chi connectivity index (χ4n) is 2.87. The quantitative estimate of drug-likeness (QED) is 0.417. The predicted molar refractivity (Wildman–Crippen MR) is 121 cm³/mol. The van der Waals surface area contributed by atoms with Crippen molar-refractivity contribution in [2.45, 2.75) is 18.2 Å². The van der Waals surface area contributed by atoms with Gasteiger partial charge >= 0.3 is 0 Å². The molecule has 7 nitrogen and oxygen atoms in total. The van der Waals surface area contributed by atoms with E-state index in [9.17, 15) is 18.3 Å². The van der Waals surface area contributed by atoms with Crippen LogP contribution in [-0.2, 0) is 21.2 Å². The van der Waals surface area contributed by atoms with Gasteiger partial charge < -0.3 is 5.11 Å². The van der Waals surface area contributed by atoms with Crippen LogP contribution in [0, 0.1) is 0 Å². The number of aromatic hydroxyl groups is 1. The molecule has 0 saturated heterocycles. The summed E-state index contributed by atoms with van der Waals surface area (Å²) >= 11 is 0. The number of hydrogen-bond donors (Lipinski definition) is 2. The summed E-state index contributed by atoms with van der Waals surface area (Å²) in [6, 6.07) is 21.5. The Labute approximate surface area is 181 Å². The van der Waals surface area contributed by atoms with Crippen LogP contribution in [0.25, 0.3) is 0 Å². The van der Waals surface area contributed by atoms with E-state index in [4.69, 9.17) is 0 Å². The molecule has 0 bridgehead atoms. The number of sulfonamides is 1. The smallest absolute Gasteiger partial charge is 0.264 e. The molecule has 160 valence electrons. The molecule has 0 radical (unpaired) electrons. The molecule has 0 aliphatic carbocycles. The molecule has 3 aromatic rings. The Balaban J connectivity index is 1.84. The lowest BCUT2D eigenvalue weighted by Gasteiger charge is -2.24. The molecule has 0 saturated carbocycles. The number of aryl methyl sites for hydroxylation is 1. The van der Waals surface area contributed by atoms with Crippen LogP contribution in [0.15, 0.2) is 88.9 Å². The van der Waals surface area contributed by atoms with Crippen molar-refractivity contribution in [2.75, 3.05) is 10.8 Å². The Hall–Kier alpha value is -3.65. The van der Waals surface area contributed by atoms with E-state index < -0.39 is 22.5 Å². The van der Waals surface area contributed by atoms with Gasteiger partial charge in [-0.15, -0.1) is 0 Å². The van der Waals surface area contributed by atoms with Crippen molar-refractivity contribution in [2.24, 2.45) is 5.10 Å². The lowest BCUT2D eigenvalue weighted by molar-refractivity contribution is -0.119. The van der Waals surface area contributed by atoms with Gasteiger partial charge in [-0.05, 0) is 48.4 Å². The highest BCUT2D eigenvalue weighted by Crippen LogP contribution is 2.24. The molecule has 0 atom stereocenters. The summed E-state index contributed by atoms with van der Waals surface area (Å²) < 4.78 is 27.5. The average Bonchev–Trinajstić information content (AvgIpc) is 2.79. The molecular formula is C23H23N3O4S. The normalized spacial score (nSPS) is 11.4. The summed E-state index contributed by atoms with van der Waals surface area (Å²) in [6.07, 6.45) is 2.10. The fourth-order valence-corrected chi connectivity index (χ4v) is 4.31. The van der Waals surface area contributed by atoms with Gasteiger partial charge in [0, 0.05) is 5.56 Å². The number of nitrogens with zero attached hydrogens (tertiary/aromatic N) is 2. The Morgan fingerprint density at radius 3 is 2.29 bits per heavy atom. The zero-order valence-electron chi connectivity index (χ0n) is 17.0. The SMILES string of the molecule is CCc1ccc(N(CC(=O)N/N=C\c2ccccc2O)S(=O)(=O)c2ccccc2)cc1. The summed E-state index contributed by atoms with van der Waals surface area (Å²) in [5.41, 5.74) is 4.17. The van der Waals surface area contributed by atoms with E-state index in [2.05, 4.69) is 10.5 Å². The van der Waals surface area contributed by atoms with Crippen LogP contribution in [0.1, 0.15) is 18.1 Å². The molecule has 31 heavy (non-hydrogen) atoms. The summed E-state index contributed by atoms with van der Waals surface area (Å²) in [5.74, 6) is -0.601. The zero-order valence-corrected chi connectivity index (χ0v) is 17.8. The maximum atomic E-state index is 13.2. The highest BCUT2D eigenvalue weighted by Gasteiger charge is 2.27. The molecule has 1 amide bonds. The fraction of sp³-hybridized carbons (Fsp3) is 0.130. The number of phenolic OH excluding ortho intramolecular Hbond substituents is 1. The second-order valence-electron chi connectivity index (χ2n) is 6.70. The maximum Gasteiger partial charge on any atom is 0.264 e. The molecule has 0 unspecified atom stereocenters. The van der Waals surface area contributed by atoms with Crippen molar-refractivity contribution in [3.8, 4) is 5.75 Å². The molecule has 0 spiro atoms. The van der Waals surface area contributed by atoms with Crippen LogP contribution in [-0.4, -0.2) is 32.2 Å². The summed E-state index contributed by atoms with van der Waals surface area (Å²) in [6.45, 7) is 1.55.